The number of carbonyl (C=O) groups excluding carboxylic acids is 1. The van der Waals surface area contributed by atoms with Crippen LogP contribution in [0.2, 0.25) is 0 Å². The van der Waals surface area contributed by atoms with Gasteiger partial charge in [-0.3, -0.25) is 9.69 Å². The number of hydrogen-bond donors (Lipinski definition) is 1. The second-order valence-electron chi connectivity index (χ2n) is 6.62. The van der Waals surface area contributed by atoms with E-state index in [0.717, 1.165) is 32.5 Å². The average Bonchev–Trinajstić information content (AvgIpc) is 2.72. The first kappa shape index (κ1) is 16.8. The number of hydrogen-bond acceptors (Lipinski definition) is 3. The minimum atomic E-state index is 0.0757. The van der Waals surface area contributed by atoms with Crippen LogP contribution in [0.1, 0.15) is 64.2 Å². The van der Waals surface area contributed by atoms with Crippen LogP contribution in [0.3, 0.4) is 0 Å². The van der Waals surface area contributed by atoms with Crippen LogP contribution in [0.25, 0.3) is 0 Å². The molecule has 122 valence electrons. The Kier molecular flexibility index (Phi) is 7.51. The van der Waals surface area contributed by atoms with Crippen LogP contribution in [-0.2, 0) is 9.53 Å². The fourth-order valence-corrected chi connectivity index (χ4v) is 3.47. The summed E-state index contributed by atoms with van der Waals surface area (Å²) in [5.74, 6) is 0.206. The number of carbonyl (C=O) groups is 1. The summed E-state index contributed by atoms with van der Waals surface area (Å²) in [6.45, 7) is 2.57. The summed E-state index contributed by atoms with van der Waals surface area (Å²) in [7, 11) is 2.07. The van der Waals surface area contributed by atoms with Gasteiger partial charge in [0.1, 0.15) is 0 Å². The highest BCUT2D eigenvalue weighted by Gasteiger charge is 2.24. The second kappa shape index (κ2) is 9.42. The largest absolute Gasteiger partial charge is 0.378 e. The van der Waals surface area contributed by atoms with Gasteiger partial charge < -0.3 is 10.1 Å². The van der Waals surface area contributed by atoms with Crippen molar-refractivity contribution in [2.75, 3.05) is 26.7 Å². The van der Waals surface area contributed by atoms with E-state index < -0.39 is 0 Å². The second-order valence-corrected chi connectivity index (χ2v) is 6.62. The molecule has 21 heavy (non-hydrogen) atoms. The topological polar surface area (TPSA) is 41.6 Å². The molecular formula is C17H32N2O2. The Morgan fingerprint density at radius 3 is 2.62 bits per heavy atom. The van der Waals surface area contributed by atoms with Gasteiger partial charge in [0.2, 0.25) is 5.91 Å². The Balaban J connectivity index is 1.55. The molecule has 1 atom stereocenters. The van der Waals surface area contributed by atoms with Gasteiger partial charge in [-0.1, -0.05) is 32.1 Å². The Bertz CT molecular complexity index is 303. The highest BCUT2D eigenvalue weighted by Crippen LogP contribution is 2.20. The van der Waals surface area contributed by atoms with Gasteiger partial charge in [-0.15, -0.1) is 0 Å². The lowest BCUT2D eigenvalue weighted by molar-refractivity contribution is -0.126. The summed E-state index contributed by atoms with van der Waals surface area (Å²) in [5, 5.41) is 3.09. The number of likely N-dealkylation sites (tertiary alicyclic amines) is 1. The summed E-state index contributed by atoms with van der Waals surface area (Å²) in [6.07, 6.45) is 12.5. The number of likely N-dealkylation sites (N-methyl/N-ethyl adjacent to an activating group) is 1. The van der Waals surface area contributed by atoms with Crippen molar-refractivity contribution >= 4 is 5.91 Å². The predicted octanol–water partition coefficient (Wildman–Crippen LogP) is 2.72. The Labute approximate surface area is 129 Å². The lowest BCUT2D eigenvalue weighted by Gasteiger charge is -2.25. The van der Waals surface area contributed by atoms with Crippen molar-refractivity contribution in [3.8, 4) is 0 Å². The zero-order chi connectivity index (χ0) is 14.9. The normalized spacial score (nSPS) is 25.5. The number of rotatable bonds is 6. The molecule has 1 saturated carbocycles. The van der Waals surface area contributed by atoms with Crippen LogP contribution in [0.15, 0.2) is 0 Å². The molecule has 0 aromatic carbocycles. The zero-order valence-corrected chi connectivity index (χ0v) is 13.6. The molecule has 4 heteroatoms. The Morgan fingerprint density at radius 2 is 1.81 bits per heavy atom. The van der Waals surface area contributed by atoms with Crippen LogP contribution < -0.4 is 5.32 Å². The van der Waals surface area contributed by atoms with Gasteiger partial charge in [-0.25, -0.2) is 0 Å². The maximum atomic E-state index is 12.2. The fourth-order valence-electron chi connectivity index (χ4n) is 3.47. The molecule has 1 heterocycles. The van der Waals surface area contributed by atoms with E-state index in [9.17, 15) is 4.79 Å². The quantitative estimate of drug-likeness (QED) is 0.766. The molecule has 0 aromatic rings. The molecule has 2 aliphatic rings. The molecule has 4 nitrogen and oxygen atoms in total. The van der Waals surface area contributed by atoms with E-state index in [0.29, 0.717) is 6.10 Å². The van der Waals surface area contributed by atoms with E-state index >= 15 is 0 Å². The van der Waals surface area contributed by atoms with E-state index in [-0.39, 0.29) is 11.9 Å². The summed E-state index contributed by atoms with van der Waals surface area (Å²) >= 11 is 0. The number of nitrogens with zero attached hydrogens (tertiary/aromatic N) is 1. The number of nitrogens with one attached hydrogen (secondary N) is 1. The summed E-state index contributed by atoms with van der Waals surface area (Å²) in [4.78, 5) is 14.4. The third-order valence-electron chi connectivity index (χ3n) is 4.85. The molecule has 2 rings (SSSR count). The smallest absolute Gasteiger partial charge is 0.237 e. The van der Waals surface area contributed by atoms with Crippen molar-refractivity contribution < 1.29 is 9.53 Å². The van der Waals surface area contributed by atoms with E-state index in [1.54, 1.807) is 0 Å². The molecule has 1 saturated heterocycles. The molecule has 1 amide bonds. The molecule has 0 spiro atoms. The van der Waals surface area contributed by atoms with Crippen LogP contribution in [-0.4, -0.2) is 49.7 Å². The third kappa shape index (κ3) is 5.95. The number of amides is 1. The minimum Gasteiger partial charge on any atom is -0.378 e. The first-order valence-electron chi connectivity index (χ1n) is 8.87. The number of ether oxygens (including phenoxy) is 1. The van der Waals surface area contributed by atoms with E-state index in [1.807, 2.05) is 0 Å². The van der Waals surface area contributed by atoms with Crippen molar-refractivity contribution in [3.63, 3.8) is 0 Å². The van der Waals surface area contributed by atoms with Crippen molar-refractivity contribution in [1.82, 2.24) is 10.2 Å². The standard InChI is InChI=1S/C17H32N2O2/c1-19-13-7-3-6-11-16(19)17(20)18-12-8-14-21-15-9-4-2-5-10-15/h15-16H,2-14H2,1H3,(H,18,20). The van der Waals surface area contributed by atoms with Gasteiger partial charge >= 0.3 is 0 Å². The SMILES string of the molecule is CN1CCCCCC1C(=O)NCCCOC1CCCCC1. The Morgan fingerprint density at radius 1 is 1.10 bits per heavy atom. The first-order valence-corrected chi connectivity index (χ1v) is 8.87. The van der Waals surface area contributed by atoms with Crippen molar-refractivity contribution in [2.45, 2.75) is 76.4 Å². The summed E-state index contributed by atoms with van der Waals surface area (Å²) in [5.41, 5.74) is 0. The third-order valence-corrected chi connectivity index (χ3v) is 4.85. The van der Waals surface area contributed by atoms with Crippen LogP contribution >= 0.6 is 0 Å². The molecule has 1 aliphatic carbocycles. The minimum absolute atomic E-state index is 0.0757. The maximum absolute atomic E-state index is 12.2. The highest BCUT2D eigenvalue weighted by molar-refractivity contribution is 5.81. The van der Waals surface area contributed by atoms with Crippen molar-refractivity contribution in [3.05, 3.63) is 0 Å². The molecule has 0 bridgehead atoms. The zero-order valence-electron chi connectivity index (χ0n) is 13.6. The van der Waals surface area contributed by atoms with Crippen molar-refractivity contribution in [1.29, 1.82) is 0 Å². The lowest BCUT2D eigenvalue weighted by atomic mass is 9.98. The molecule has 1 aliphatic heterocycles. The maximum Gasteiger partial charge on any atom is 0.237 e. The molecule has 1 unspecified atom stereocenters. The van der Waals surface area contributed by atoms with Crippen LogP contribution in [0.5, 0.6) is 0 Å². The average molecular weight is 296 g/mol. The van der Waals surface area contributed by atoms with Gasteiger partial charge in [0.15, 0.2) is 0 Å². The van der Waals surface area contributed by atoms with E-state index in [4.69, 9.17) is 4.74 Å². The van der Waals surface area contributed by atoms with E-state index in [2.05, 4.69) is 17.3 Å². The lowest BCUT2D eigenvalue weighted by Crippen LogP contribution is -2.45. The predicted molar refractivity (Wildman–Crippen MR) is 85.3 cm³/mol. The summed E-state index contributed by atoms with van der Waals surface area (Å²) in [6, 6.07) is 0.0757. The van der Waals surface area contributed by atoms with Crippen LogP contribution in [0.4, 0.5) is 0 Å². The molecule has 0 radical (unpaired) electrons. The monoisotopic (exact) mass is 296 g/mol. The van der Waals surface area contributed by atoms with Gasteiger partial charge in [0, 0.05) is 13.2 Å². The fraction of sp³-hybridized carbons (Fsp3) is 0.941. The van der Waals surface area contributed by atoms with E-state index in [1.165, 1.54) is 51.4 Å². The first-order chi connectivity index (χ1) is 10.3. The van der Waals surface area contributed by atoms with Crippen molar-refractivity contribution in [2.24, 2.45) is 0 Å². The molecule has 2 fully saturated rings. The highest BCUT2D eigenvalue weighted by atomic mass is 16.5. The van der Waals surface area contributed by atoms with Crippen LogP contribution in [0, 0.1) is 0 Å². The van der Waals surface area contributed by atoms with Gasteiger partial charge in [-0.05, 0) is 45.7 Å². The van der Waals surface area contributed by atoms with Gasteiger partial charge in [-0.2, -0.15) is 0 Å². The van der Waals surface area contributed by atoms with Gasteiger partial charge in [0.05, 0.1) is 12.1 Å². The Hall–Kier alpha value is -0.610. The molecule has 1 N–H and O–H groups in total. The molecule has 0 aromatic heterocycles. The van der Waals surface area contributed by atoms with Gasteiger partial charge in [0.25, 0.3) is 0 Å². The molecular weight excluding hydrogens is 264 g/mol. The summed E-state index contributed by atoms with van der Waals surface area (Å²) < 4.78 is 5.89.